The Bertz CT molecular complexity index is 129. The molecule has 1 saturated heterocycles. The van der Waals surface area contributed by atoms with Crippen LogP contribution in [0.25, 0.3) is 0 Å². The average molecular weight is 127 g/mol. The van der Waals surface area contributed by atoms with E-state index in [0.29, 0.717) is 6.61 Å². The van der Waals surface area contributed by atoms with E-state index in [1.54, 1.807) is 0 Å². The van der Waals surface area contributed by atoms with Gasteiger partial charge in [0.25, 0.3) is 0 Å². The second kappa shape index (κ2) is 2.64. The molecule has 0 saturated carbocycles. The second-order valence-electron chi connectivity index (χ2n) is 1.83. The Morgan fingerprint density at radius 3 is 3.11 bits per heavy atom. The fourth-order valence-corrected chi connectivity index (χ4v) is 0.406. The van der Waals surface area contributed by atoms with Crippen molar-refractivity contribution in [2.45, 2.75) is 6.10 Å². The first-order valence-corrected chi connectivity index (χ1v) is 2.78. The van der Waals surface area contributed by atoms with Crippen molar-refractivity contribution in [1.82, 2.24) is 0 Å². The maximum Gasteiger partial charge on any atom is 0.205 e. The molecule has 0 aromatic rings. The zero-order valence-electron chi connectivity index (χ0n) is 5.09. The minimum atomic E-state index is 0.116. The maximum absolute atomic E-state index is 6.96. The molecule has 0 bridgehead atoms. The topological polar surface area (TPSA) is 45.6 Å². The van der Waals surface area contributed by atoms with E-state index in [9.17, 15) is 0 Å². The molecule has 3 heteroatoms. The Morgan fingerprint density at radius 1 is 2.00 bits per heavy atom. The fourth-order valence-electron chi connectivity index (χ4n) is 0.406. The highest BCUT2D eigenvalue weighted by molar-refractivity contribution is 5.83. The SMILES string of the molecule is C=CC(=N)OCC1CO1. The molecule has 1 heterocycles. The molecule has 1 aliphatic heterocycles. The van der Waals surface area contributed by atoms with Crippen LogP contribution in [0.2, 0.25) is 0 Å². The van der Waals surface area contributed by atoms with E-state index in [4.69, 9.17) is 14.9 Å². The van der Waals surface area contributed by atoms with Crippen LogP contribution in [-0.4, -0.2) is 25.2 Å². The quantitative estimate of drug-likeness (QED) is 0.342. The van der Waals surface area contributed by atoms with Crippen LogP contribution in [-0.2, 0) is 9.47 Å². The van der Waals surface area contributed by atoms with E-state index in [1.165, 1.54) is 6.08 Å². The van der Waals surface area contributed by atoms with Gasteiger partial charge in [-0.1, -0.05) is 6.58 Å². The Balaban J connectivity index is 2.02. The first-order valence-electron chi connectivity index (χ1n) is 2.78. The normalized spacial score (nSPS) is 22.9. The van der Waals surface area contributed by atoms with Crippen LogP contribution < -0.4 is 0 Å². The summed E-state index contributed by atoms with van der Waals surface area (Å²) in [7, 11) is 0. The summed E-state index contributed by atoms with van der Waals surface area (Å²) in [6.07, 6.45) is 1.59. The highest BCUT2D eigenvalue weighted by Crippen LogP contribution is 2.08. The summed E-state index contributed by atoms with van der Waals surface area (Å²) in [4.78, 5) is 0. The number of hydrogen-bond donors (Lipinski definition) is 1. The summed E-state index contributed by atoms with van der Waals surface area (Å²) in [6.45, 7) is 4.63. The zero-order valence-corrected chi connectivity index (χ0v) is 5.09. The van der Waals surface area contributed by atoms with E-state index in [0.717, 1.165) is 6.61 Å². The van der Waals surface area contributed by atoms with E-state index in [2.05, 4.69) is 6.58 Å². The van der Waals surface area contributed by atoms with E-state index < -0.39 is 0 Å². The molecule has 1 atom stereocenters. The number of rotatable bonds is 3. The molecular weight excluding hydrogens is 118 g/mol. The highest BCUT2D eigenvalue weighted by Gasteiger charge is 2.22. The van der Waals surface area contributed by atoms with E-state index in [-0.39, 0.29) is 12.0 Å². The largest absolute Gasteiger partial charge is 0.475 e. The van der Waals surface area contributed by atoms with Gasteiger partial charge in [0.1, 0.15) is 12.7 Å². The molecule has 1 unspecified atom stereocenters. The van der Waals surface area contributed by atoms with Gasteiger partial charge in [-0.3, -0.25) is 5.41 Å². The third-order valence-corrected chi connectivity index (χ3v) is 1.01. The van der Waals surface area contributed by atoms with Gasteiger partial charge in [-0.25, -0.2) is 0 Å². The average Bonchev–Trinajstić information content (AvgIpc) is 2.65. The van der Waals surface area contributed by atoms with E-state index in [1.807, 2.05) is 0 Å². The summed E-state index contributed by atoms with van der Waals surface area (Å²) in [5, 5.41) is 6.96. The number of hydrogen-bond acceptors (Lipinski definition) is 3. The van der Waals surface area contributed by atoms with Gasteiger partial charge in [0.2, 0.25) is 5.90 Å². The summed E-state index contributed by atoms with van der Waals surface area (Å²) in [5.41, 5.74) is 0. The van der Waals surface area contributed by atoms with Crippen LogP contribution in [0.5, 0.6) is 0 Å². The summed E-state index contributed by atoms with van der Waals surface area (Å²) in [6, 6.07) is 0. The minimum absolute atomic E-state index is 0.116. The van der Waals surface area contributed by atoms with Crippen molar-refractivity contribution in [1.29, 1.82) is 5.41 Å². The maximum atomic E-state index is 6.96. The Kier molecular flexibility index (Phi) is 1.85. The monoisotopic (exact) mass is 127 g/mol. The minimum Gasteiger partial charge on any atom is -0.475 e. The fraction of sp³-hybridized carbons (Fsp3) is 0.500. The molecule has 0 aromatic carbocycles. The lowest BCUT2D eigenvalue weighted by Gasteiger charge is -1.98. The molecule has 0 spiro atoms. The summed E-state index contributed by atoms with van der Waals surface area (Å²) in [5.74, 6) is 0.116. The van der Waals surface area contributed by atoms with Crippen LogP contribution >= 0.6 is 0 Å². The highest BCUT2D eigenvalue weighted by atomic mass is 16.6. The van der Waals surface area contributed by atoms with Crippen molar-refractivity contribution in [3.05, 3.63) is 12.7 Å². The molecule has 1 fully saturated rings. The van der Waals surface area contributed by atoms with Crippen molar-refractivity contribution < 1.29 is 9.47 Å². The van der Waals surface area contributed by atoms with Crippen LogP contribution in [0.4, 0.5) is 0 Å². The van der Waals surface area contributed by atoms with Gasteiger partial charge in [0.05, 0.1) is 6.61 Å². The third kappa shape index (κ3) is 2.28. The van der Waals surface area contributed by atoms with Crippen LogP contribution in [0.15, 0.2) is 12.7 Å². The number of nitrogens with one attached hydrogen (secondary N) is 1. The zero-order chi connectivity index (χ0) is 6.69. The molecule has 1 N–H and O–H groups in total. The third-order valence-electron chi connectivity index (χ3n) is 1.01. The predicted octanol–water partition coefficient (Wildman–Crippen LogP) is 0.565. The Hall–Kier alpha value is -0.830. The molecule has 0 radical (unpaired) electrons. The first kappa shape index (κ1) is 6.29. The molecule has 0 aromatic heterocycles. The van der Waals surface area contributed by atoms with Gasteiger partial charge in [-0.15, -0.1) is 0 Å². The number of epoxide rings is 1. The molecule has 9 heavy (non-hydrogen) atoms. The summed E-state index contributed by atoms with van der Waals surface area (Å²) < 4.78 is 9.70. The first-order chi connectivity index (χ1) is 4.33. The lowest BCUT2D eigenvalue weighted by molar-refractivity contribution is 0.253. The van der Waals surface area contributed by atoms with E-state index >= 15 is 0 Å². The number of ether oxygens (including phenoxy) is 2. The van der Waals surface area contributed by atoms with Crippen LogP contribution in [0.3, 0.4) is 0 Å². The van der Waals surface area contributed by atoms with Crippen molar-refractivity contribution in [2.75, 3.05) is 13.2 Å². The van der Waals surface area contributed by atoms with Gasteiger partial charge in [-0.05, 0) is 6.08 Å². The lowest BCUT2D eigenvalue weighted by Crippen LogP contribution is -2.05. The van der Waals surface area contributed by atoms with Crippen LogP contribution in [0, 0.1) is 5.41 Å². The molecular formula is C6H9NO2. The summed E-state index contributed by atoms with van der Waals surface area (Å²) >= 11 is 0. The van der Waals surface area contributed by atoms with Gasteiger partial charge < -0.3 is 9.47 Å². The second-order valence-corrected chi connectivity index (χ2v) is 1.83. The standard InChI is InChI=1S/C6H9NO2/c1-2-6(7)9-4-5-3-8-5/h2,5,7H,1,3-4H2. The van der Waals surface area contributed by atoms with Gasteiger partial charge in [0, 0.05) is 0 Å². The Morgan fingerprint density at radius 2 is 2.67 bits per heavy atom. The van der Waals surface area contributed by atoms with Gasteiger partial charge in [0.15, 0.2) is 0 Å². The van der Waals surface area contributed by atoms with Gasteiger partial charge >= 0.3 is 0 Å². The smallest absolute Gasteiger partial charge is 0.205 e. The van der Waals surface area contributed by atoms with Crippen molar-refractivity contribution in [3.8, 4) is 0 Å². The molecule has 0 amide bonds. The van der Waals surface area contributed by atoms with Crippen LogP contribution in [0.1, 0.15) is 0 Å². The molecule has 50 valence electrons. The molecule has 1 aliphatic rings. The van der Waals surface area contributed by atoms with Crippen molar-refractivity contribution in [2.24, 2.45) is 0 Å². The van der Waals surface area contributed by atoms with Gasteiger partial charge in [-0.2, -0.15) is 0 Å². The van der Waals surface area contributed by atoms with Crippen molar-refractivity contribution in [3.63, 3.8) is 0 Å². The van der Waals surface area contributed by atoms with Crippen molar-refractivity contribution >= 4 is 5.90 Å². The molecule has 1 rings (SSSR count). The Labute approximate surface area is 53.8 Å². The predicted molar refractivity (Wildman–Crippen MR) is 33.6 cm³/mol. The molecule has 3 nitrogen and oxygen atoms in total. The molecule has 0 aliphatic carbocycles. The lowest BCUT2D eigenvalue weighted by atomic mass is 10.5.